The molecule has 1 fully saturated rings. The molecule has 1 heterocycles. The molecule has 2 aromatic rings. The van der Waals surface area contributed by atoms with Gasteiger partial charge in [0.05, 0.1) is 6.10 Å². The number of aliphatic imine (C=N–C) groups is 1. The van der Waals surface area contributed by atoms with Crippen molar-refractivity contribution in [3.8, 4) is 5.75 Å². The summed E-state index contributed by atoms with van der Waals surface area (Å²) in [6, 6.07) is -0.0308. The molecule has 2 aromatic carbocycles. The molecule has 1 saturated heterocycles. The maximum Gasteiger partial charge on any atom is 0.325 e. The summed E-state index contributed by atoms with van der Waals surface area (Å²) in [4.78, 5) is 165. The van der Waals surface area contributed by atoms with Gasteiger partial charge >= 0.3 is 11.9 Å². The minimum Gasteiger partial charge on any atom is -0.508 e. The van der Waals surface area contributed by atoms with Crippen molar-refractivity contribution in [2.75, 3.05) is 13.1 Å². The Morgan fingerprint density at radius 2 is 1.08 bits per heavy atom. The number of carboxylic acid groups (broad SMARTS) is 2. The second-order valence-electron chi connectivity index (χ2n) is 21.2. The molecular weight excluding hydrogens is 1110 g/mol. The smallest absolute Gasteiger partial charge is 0.325 e. The van der Waals surface area contributed by atoms with Crippen molar-refractivity contribution in [1.82, 2.24) is 47.4 Å². The largest absolute Gasteiger partial charge is 0.508 e. The van der Waals surface area contributed by atoms with Crippen molar-refractivity contribution >= 4 is 77.0 Å². The van der Waals surface area contributed by atoms with Crippen molar-refractivity contribution in [1.29, 1.82) is 0 Å². The molecule has 30 heteroatoms. The third-order valence-electron chi connectivity index (χ3n) is 13.6. The van der Waals surface area contributed by atoms with E-state index in [0.29, 0.717) is 17.5 Å². The van der Waals surface area contributed by atoms with E-state index in [0.717, 1.165) is 6.92 Å². The van der Waals surface area contributed by atoms with E-state index < -0.39 is 157 Å². The maximum atomic E-state index is 14.8. The Kier molecular flexibility index (Phi) is 28.6. The number of carboxylic acids is 2. The molecule has 30 nitrogen and oxygen atoms in total. The second-order valence-corrected chi connectivity index (χ2v) is 21.2. The van der Waals surface area contributed by atoms with E-state index in [-0.39, 0.29) is 75.7 Å². The van der Waals surface area contributed by atoms with Crippen LogP contribution in [-0.4, -0.2) is 182 Å². The highest BCUT2D eigenvalue weighted by molar-refractivity contribution is 5.99. The number of rotatable bonds is 35. The lowest BCUT2D eigenvalue weighted by Crippen LogP contribution is -2.60. The average molecular weight is 1200 g/mol. The summed E-state index contributed by atoms with van der Waals surface area (Å²) in [7, 11) is 0. The van der Waals surface area contributed by atoms with Gasteiger partial charge in [0.1, 0.15) is 66.2 Å². The number of nitrogens with two attached hydrogens (primary N) is 4. The highest BCUT2D eigenvalue weighted by Gasteiger charge is 2.41. The number of hydrogen-bond acceptors (Lipinski definition) is 16. The molecule has 0 spiro atoms. The highest BCUT2D eigenvalue weighted by Crippen LogP contribution is 2.22. The van der Waals surface area contributed by atoms with Gasteiger partial charge in [-0.05, 0) is 94.9 Å². The van der Waals surface area contributed by atoms with Crippen LogP contribution in [0.15, 0.2) is 59.6 Å². The molecule has 1 aliphatic rings. The van der Waals surface area contributed by atoms with Gasteiger partial charge < -0.3 is 90.8 Å². The Hall–Kier alpha value is -8.93. The van der Waals surface area contributed by atoms with Gasteiger partial charge in [-0.2, -0.15) is 0 Å². The van der Waals surface area contributed by atoms with Gasteiger partial charge in [0.2, 0.25) is 59.1 Å². The van der Waals surface area contributed by atoms with Gasteiger partial charge in [0.25, 0.3) is 0 Å². The number of aromatic hydroxyl groups is 1. The minimum absolute atomic E-state index is 0.00296. The number of benzene rings is 2. The van der Waals surface area contributed by atoms with Crippen LogP contribution in [0.5, 0.6) is 5.75 Å². The Morgan fingerprint density at radius 3 is 1.62 bits per heavy atom. The van der Waals surface area contributed by atoms with Gasteiger partial charge in [-0.1, -0.05) is 56.3 Å². The first-order valence-corrected chi connectivity index (χ1v) is 27.7. The number of likely N-dealkylation sites (tertiary alicyclic amines) is 1. The van der Waals surface area contributed by atoms with E-state index >= 15 is 0 Å². The molecule has 11 atom stereocenters. The predicted octanol–water partition coefficient (Wildman–Crippen LogP) is -3.89. The Bertz CT molecular complexity index is 2690. The molecule has 3 rings (SSSR count). The van der Waals surface area contributed by atoms with Crippen molar-refractivity contribution in [3.05, 3.63) is 65.7 Å². The SMILES string of the molecule is CC(C)CC(NC(=O)C1CCCN1C(=O)C(Cc1ccc(O)cc1)NC(=O)C(C)NC(=O)C(CCC(N)=O)NC(=O)C(Cc1ccccc1)NC(=O)C(N)C(C)O)C(=O)NC(CCCN=C(N)N)C(=O)NC(CCC(=O)O)C(=O)NC(C)C(=O)O. The first-order chi connectivity index (χ1) is 40.0. The summed E-state index contributed by atoms with van der Waals surface area (Å²) in [5, 5.41) is 58.7. The van der Waals surface area contributed by atoms with Crippen LogP contribution in [0.4, 0.5) is 0 Å². The number of aliphatic carboxylic acids is 2. The molecular formula is C55H82N14O16. The molecule has 468 valence electrons. The Balaban J connectivity index is 1.90. The van der Waals surface area contributed by atoms with E-state index in [9.17, 15) is 78.0 Å². The molecule has 11 unspecified atom stereocenters. The quantitative estimate of drug-likeness (QED) is 0.0178. The fourth-order valence-electron chi connectivity index (χ4n) is 8.82. The number of phenols is 1. The third-order valence-corrected chi connectivity index (χ3v) is 13.6. The van der Waals surface area contributed by atoms with Gasteiger partial charge in [-0.25, -0.2) is 0 Å². The van der Waals surface area contributed by atoms with Crippen LogP contribution in [0.3, 0.4) is 0 Å². The van der Waals surface area contributed by atoms with Crippen LogP contribution in [0, 0.1) is 5.92 Å². The number of phenolic OH excluding ortho intramolecular Hbond substituents is 1. The zero-order chi connectivity index (χ0) is 63.7. The Morgan fingerprint density at radius 1 is 0.588 bits per heavy atom. The van der Waals surface area contributed by atoms with E-state index in [1.807, 2.05) is 0 Å². The van der Waals surface area contributed by atoms with Crippen LogP contribution in [-0.2, 0) is 70.4 Å². The highest BCUT2D eigenvalue weighted by atomic mass is 16.4. The lowest BCUT2D eigenvalue weighted by molar-refractivity contribution is -0.143. The zero-order valence-electron chi connectivity index (χ0n) is 48.2. The molecule has 0 aromatic heterocycles. The molecule has 0 radical (unpaired) electrons. The predicted molar refractivity (Wildman–Crippen MR) is 305 cm³/mol. The normalized spacial score (nSPS) is 16.4. The number of amides is 10. The van der Waals surface area contributed by atoms with Crippen LogP contribution >= 0.6 is 0 Å². The maximum absolute atomic E-state index is 14.8. The van der Waals surface area contributed by atoms with Gasteiger partial charge in [0.15, 0.2) is 5.96 Å². The number of primary amides is 1. The molecule has 85 heavy (non-hydrogen) atoms. The molecule has 0 aliphatic carbocycles. The fourth-order valence-corrected chi connectivity index (χ4v) is 8.82. The first kappa shape index (κ1) is 70.3. The number of guanidine groups is 1. The molecule has 0 saturated carbocycles. The van der Waals surface area contributed by atoms with Gasteiger partial charge in [0, 0.05) is 38.8 Å². The lowest BCUT2D eigenvalue weighted by atomic mass is 10.0. The van der Waals surface area contributed by atoms with Crippen LogP contribution in [0.2, 0.25) is 0 Å². The molecule has 1 aliphatic heterocycles. The number of nitrogens with one attached hydrogen (secondary N) is 8. The summed E-state index contributed by atoms with van der Waals surface area (Å²) in [5.41, 5.74) is 23.2. The second kappa shape index (κ2) is 34.6. The number of nitrogens with zero attached hydrogens (tertiary/aromatic N) is 2. The average Bonchev–Trinajstić information content (AvgIpc) is 4.23. The van der Waals surface area contributed by atoms with Crippen molar-refractivity contribution < 1.29 is 78.0 Å². The van der Waals surface area contributed by atoms with Crippen molar-refractivity contribution in [3.63, 3.8) is 0 Å². The summed E-state index contributed by atoms with van der Waals surface area (Å²) in [6.45, 7) is 7.21. The van der Waals surface area contributed by atoms with E-state index in [1.54, 1.807) is 44.2 Å². The number of carbonyl (C=O) groups excluding carboxylic acids is 10. The topological polar surface area (TPSA) is 502 Å². The van der Waals surface area contributed by atoms with E-state index in [1.165, 1.54) is 43.0 Å². The summed E-state index contributed by atoms with van der Waals surface area (Å²) >= 11 is 0. The Labute approximate surface area is 491 Å². The lowest BCUT2D eigenvalue weighted by Gasteiger charge is -2.31. The summed E-state index contributed by atoms with van der Waals surface area (Å²) in [6.07, 6.45) is -3.11. The number of hydrogen-bond donors (Lipinski definition) is 16. The zero-order valence-corrected chi connectivity index (χ0v) is 48.2. The van der Waals surface area contributed by atoms with Crippen LogP contribution < -0.4 is 65.5 Å². The van der Waals surface area contributed by atoms with Gasteiger partial charge in [-0.3, -0.25) is 62.5 Å². The number of aliphatic hydroxyl groups excluding tert-OH is 1. The molecule has 20 N–H and O–H groups in total. The number of carbonyl (C=O) groups is 12. The molecule has 0 bridgehead atoms. The van der Waals surface area contributed by atoms with Crippen LogP contribution in [0.1, 0.15) is 104 Å². The fraction of sp³-hybridized carbons (Fsp3) is 0.545. The standard InChI is InChI=1S/C55H82N14O16/c1-28(2)25-38(49(79)63-35(13-9-23-60-55(58)59)48(78)64-37(20-22-43(73)74)47(77)62-30(4)54(84)85)66-51(81)41-14-10-24-69(41)53(83)40(27-33-15-17-34(71)18-16-33)68-45(75)29(3)61-46(76)36(19-21-42(56)72)65-50(80)39(26-32-11-7-6-8-12-32)67-52(82)44(57)31(5)70/h6-8,11-12,15-18,28-31,35-41,44,70-71H,9-10,13-14,19-27,57H2,1-5H3,(H2,56,72)(H,61,76)(H,62,77)(H,63,79)(H,64,78)(H,65,80)(H,66,81)(H,67,82)(H,68,75)(H,73,74)(H,84,85)(H4,58,59,60). The molecule has 10 amide bonds. The van der Waals surface area contributed by atoms with E-state index in [4.69, 9.17) is 22.9 Å². The van der Waals surface area contributed by atoms with Gasteiger partial charge in [-0.15, -0.1) is 0 Å². The summed E-state index contributed by atoms with van der Waals surface area (Å²) < 4.78 is 0. The number of aliphatic hydroxyl groups is 1. The van der Waals surface area contributed by atoms with E-state index in [2.05, 4.69) is 47.5 Å². The minimum atomic E-state index is -1.56. The van der Waals surface area contributed by atoms with Crippen molar-refractivity contribution in [2.24, 2.45) is 33.8 Å². The van der Waals surface area contributed by atoms with Crippen molar-refractivity contribution in [2.45, 2.75) is 172 Å². The van der Waals surface area contributed by atoms with Crippen LogP contribution in [0.25, 0.3) is 0 Å². The third kappa shape index (κ3) is 24.4. The first-order valence-electron chi connectivity index (χ1n) is 27.7. The monoisotopic (exact) mass is 1190 g/mol. The summed E-state index contributed by atoms with van der Waals surface area (Å²) in [5.74, 6) is -12.2.